The molecule has 2 N–H and O–H groups in total. The summed E-state index contributed by atoms with van der Waals surface area (Å²) in [5.41, 5.74) is 0.0136. The summed E-state index contributed by atoms with van der Waals surface area (Å²) in [5.74, 6) is -0.422. The molecule has 5 heteroatoms. The number of ether oxygens (including phenoxy) is 1. The first kappa shape index (κ1) is 12.8. The maximum Gasteiger partial charge on any atom is 0.142 e. The van der Waals surface area contributed by atoms with Gasteiger partial charge in [-0.05, 0) is 17.7 Å². The topological polar surface area (TPSA) is 41.5 Å². The molecule has 1 aliphatic heterocycles. The Balaban J connectivity index is 1.83. The molecule has 17 heavy (non-hydrogen) atoms. The predicted molar refractivity (Wildman–Crippen MR) is 63.5 cm³/mol. The van der Waals surface area contributed by atoms with Gasteiger partial charge in [0.15, 0.2) is 0 Å². The smallest absolute Gasteiger partial charge is 0.142 e. The summed E-state index contributed by atoms with van der Waals surface area (Å²) < 4.78 is 18.3. The largest absolute Gasteiger partial charge is 0.386 e. The van der Waals surface area contributed by atoms with Crippen LogP contribution in [0.2, 0.25) is 5.02 Å². The molecule has 2 rings (SSSR count). The molecular weight excluding hydrogens is 245 g/mol. The number of hydrogen-bond donors (Lipinski definition) is 2. The van der Waals surface area contributed by atoms with E-state index in [0.29, 0.717) is 32.7 Å². The monoisotopic (exact) mass is 259 g/mol. The van der Waals surface area contributed by atoms with Crippen molar-refractivity contribution >= 4 is 11.6 Å². The lowest BCUT2D eigenvalue weighted by molar-refractivity contribution is 0.0268. The van der Waals surface area contributed by atoms with Crippen molar-refractivity contribution in [3.8, 4) is 0 Å². The van der Waals surface area contributed by atoms with Gasteiger partial charge in [-0.1, -0.05) is 17.7 Å². The Kier molecular flexibility index (Phi) is 3.99. The van der Waals surface area contributed by atoms with Gasteiger partial charge in [0.2, 0.25) is 0 Å². The molecule has 0 spiro atoms. The van der Waals surface area contributed by atoms with Crippen LogP contribution in [-0.2, 0) is 11.3 Å². The normalized spacial score (nSPS) is 24.2. The van der Waals surface area contributed by atoms with Crippen LogP contribution in [-0.4, -0.2) is 30.5 Å². The zero-order valence-electron chi connectivity index (χ0n) is 9.38. The van der Waals surface area contributed by atoms with Crippen molar-refractivity contribution in [1.82, 2.24) is 5.32 Å². The summed E-state index contributed by atoms with van der Waals surface area (Å²) in [6.07, 6.45) is 0.634. The maximum atomic E-state index is 13.2. The van der Waals surface area contributed by atoms with Crippen LogP contribution in [0.1, 0.15) is 12.0 Å². The van der Waals surface area contributed by atoms with Crippen molar-refractivity contribution in [3.05, 3.63) is 34.6 Å². The fourth-order valence-electron chi connectivity index (χ4n) is 1.82. The van der Waals surface area contributed by atoms with Gasteiger partial charge < -0.3 is 15.2 Å². The third kappa shape index (κ3) is 3.39. The summed E-state index contributed by atoms with van der Waals surface area (Å²) in [6.45, 7) is 1.89. The van der Waals surface area contributed by atoms with Crippen LogP contribution in [0.25, 0.3) is 0 Å². The Morgan fingerprint density at radius 1 is 1.53 bits per heavy atom. The standard InChI is InChI=1S/C12H15ClFNO2/c13-10-2-1-9(5-11(10)14)6-15-7-12(16)3-4-17-8-12/h1-2,5,15-16H,3-4,6-8H2. The molecule has 1 saturated heterocycles. The van der Waals surface area contributed by atoms with Gasteiger partial charge in [-0.25, -0.2) is 4.39 Å². The van der Waals surface area contributed by atoms with E-state index in [1.165, 1.54) is 12.1 Å². The summed E-state index contributed by atoms with van der Waals surface area (Å²) >= 11 is 5.59. The lowest BCUT2D eigenvalue weighted by Crippen LogP contribution is -2.40. The van der Waals surface area contributed by atoms with Crippen molar-refractivity contribution < 1.29 is 14.2 Å². The van der Waals surface area contributed by atoms with Crippen molar-refractivity contribution in [2.75, 3.05) is 19.8 Å². The van der Waals surface area contributed by atoms with Crippen LogP contribution in [0.4, 0.5) is 4.39 Å². The molecule has 1 fully saturated rings. The van der Waals surface area contributed by atoms with Crippen LogP contribution in [0.5, 0.6) is 0 Å². The van der Waals surface area contributed by atoms with E-state index in [1.807, 2.05) is 0 Å². The molecule has 0 amide bonds. The fourth-order valence-corrected chi connectivity index (χ4v) is 1.94. The van der Waals surface area contributed by atoms with E-state index in [9.17, 15) is 9.50 Å². The van der Waals surface area contributed by atoms with Gasteiger partial charge in [0.05, 0.1) is 11.6 Å². The first-order chi connectivity index (χ1) is 8.09. The average Bonchev–Trinajstić information content (AvgIpc) is 2.71. The van der Waals surface area contributed by atoms with Crippen LogP contribution in [0, 0.1) is 5.82 Å². The number of halogens is 2. The molecule has 1 unspecified atom stereocenters. The molecule has 1 atom stereocenters. The SMILES string of the molecule is OC1(CNCc2ccc(Cl)c(F)c2)CCOC1. The molecular formula is C12H15ClFNO2. The number of hydrogen-bond acceptors (Lipinski definition) is 3. The lowest BCUT2D eigenvalue weighted by atomic mass is 10.0. The van der Waals surface area contributed by atoms with Gasteiger partial charge in [0.25, 0.3) is 0 Å². The molecule has 1 aromatic carbocycles. The Labute approximate surface area is 105 Å². The predicted octanol–water partition coefficient (Wildman–Crippen LogP) is 1.72. The first-order valence-electron chi connectivity index (χ1n) is 5.54. The van der Waals surface area contributed by atoms with E-state index in [2.05, 4.69) is 5.32 Å². The van der Waals surface area contributed by atoms with Crippen molar-refractivity contribution in [2.24, 2.45) is 0 Å². The lowest BCUT2D eigenvalue weighted by Gasteiger charge is -2.20. The fraction of sp³-hybridized carbons (Fsp3) is 0.500. The summed E-state index contributed by atoms with van der Waals surface area (Å²) in [4.78, 5) is 0. The highest BCUT2D eigenvalue weighted by molar-refractivity contribution is 6.30. The third-order valence-corrected chi connectivity index (χ3v) is 3.16. The molecule has 0 aromatic heterocycles. The first-order valence-corrected chi connectivity index (χ1v) is 5.92. The number of benzene rings is 1. The number of nitrogens with one attached hydrogen (secondary N) is 1. The highest BCUT2D eigenvalue weighted by atomic mass is 35.5. The van der Waals surface area contributed by atoms with Crippen molar-refractivity contribution in [2.45, 2.75) is 18.6 Å². The van der Waals surface area contributed by atoms with Crippen LogP contribution >= 0.6 is 11.6 Å². The Bertz CT molecular complexity index is 394. The van der Waals surface area contributed by atoms with Crippen LogP contribution < -0.4 is 5.32 Å². The Morgan fingerprint density at radius 3 is 3.00 bits per heavy atom. The maximum absolute atomic E-state index is 13.2. The molecule has 1 heterocycles. The molecule has 3 nitrogen and oxygen atoms in total. The van der Waals surface area contributed by atoms with Gasteiger partial charge in [-0.3, -0.25) is 0 Å². The zero-order chi connectivity index (χ0) is 12.3. The molecule has 94 valence electrons. The number of rotatable bonds is 4. The minimum absolute atomic E-state index is 0.122. The minimum atomic E-state index is -0.787. The summed E-state index contributed by atoms with van der Waals surface area (Å²) in [5, 5.41) is 13.2. The van der Waals surface area contributed by atoms with Gasteiger partial charge in [-0.15, -0.1) is 0 Å². The Hall–Kier alpha value is -0.680. The highest BCUT2D eigenvalue weighted by Crippen LogP contribution is 2.18. The van der Waals surface area contributed by atoms with E-state index in [-0.39, 0.29) is 5.02 Å². The average molecular weight is 260 g/mol. The molecule has 0 saturated carbocycles. The van der Waals surface area contributed by atoms with E-state index in [0.717, 1.165) is 5.56 Å². The molecule has 0 aliphatic carbocycles. The number of aliphatic hydroxyl groups is 1. The zero-order valence-corrected chi connectivity index (χ0v) is 10.1. The molecule has 1 aliphatic rings. The van der Waals surface area contributed by atoms with Gasteiger partial charge >= 0.3 is 0 Å². The van der Waals surface area contributed by atoms with Gasteiger partial charge in [0, 0.05) is 26.1 Å². The summed E-state index contributed by atoms with van der Waals surface area (Å²) in [6, 6.07) is 4.68. The second-order valence-corrected chi connectivity index (χ2v) is 4.79. The molecule has 0 radical (unpaired) electrons. The summed E-state index contributed by atoms with van der Waals surface area (Å²) in [7, 11) is 0. The molecule has 1 aromatic rings. The van der Waals surface area contributed by atoms with Gasteiger partial charge in [0.1, 0.15) is 11.4 Å². The van der Waals surface area contributed by atoms with Crippen molar-refractivity contribution in [1.29, 1.82) is 0 Å². The highest BCUT2D eigenvalue weighted by Gasteiger charge is 2.31. The van der Waals surface area contributed by atoms with Crippen LogP contribution in [0.15, 0.2) is 18.2 Å². The second-order valence-electron chi connectivity index (χ2n) is 4.38. The van der Waals surface area contributed by atoms with Crippen molar-refractivity contribution in [3.63, 3.8) is 0 Å². The second kappa shape index (κ2) is 5.31. The quantitative estimate of drug-likeness (QED) is 0.865. The van der Waals surface area contributed by atoms with E-state index >= 15 is 0 Å². The Morgan fingerprint density at radius 2 is 2.35 bits per heavy atom. The van der Waals surface area contributed by atoms with E-state index in [1.54, 1.807) is 6.07 Å². The van der Waals surface area contributed by atoms with E-state index in [4.69, 9.17) is 16.3 Å². The van der Waals surface area contributed by atoms with Gasteiger partial charge in [-0.2, -0.15) is 0 Å². The van der Waals surface area contributed by atoms with Crippen LogP contribution in [0.3, 0.4) is 0 Å². The molecule has 0 bridgehead atoms. The minimum Gasteiger partial charge on any atom is -0.386 e. The van der Waals surface area contributed by atoms with E-state index < -0.39 is 11.4 Å². The third-order valence-electron chi connectivity index (χ3n) is 2.85.